The average molecular weight is 359 g/mol. The maximum absolute atomic E-state index is 13.2. The van der Waals surface area contributed by atoms with E-state index in [-0.39, 0.29) is 23.6 Å². The van der Waals surface area contributed by atoms with Gasteiger partial charge in [-0.3, -0.25) is 14.0 Å². The van der Waals surface area contributed by atoms with E-state index in [1.807, 2.05) is 30.3 Å². The molecular formula is C21H17N3O3. The zero-order valence-electron chi connectivity index (χ0n) is 14.5. The smallest absolute Gasteiger partial charge is 0.270 e. The van der Waals surface area contributed by atoms with Crippen molar-refractivity contribution in [1.82, 2.24) is 14.3 Å². The third kappa shape index (κ3) is 3.50. The minimum absolute atomic E-state index is 0.0289. The summed E-state index contributed by atoms with van der Waals surface area (Å²) >= 11 is 0. The number of hydrogen-bond donors (Lipinski definition) is 0. The van der Waals surface area contributed by atoms with Gasteiger partial charge in [-0.25, -0.2) is 4.98 Å². The molecule has 0 saturated heterocycles. The third-order valence-corrected chi connectivity index (χ3v) is 4.27. The highest BCUT2D eigenvalue weighted by Crippen LogP contribution is 2.13. The molecule has 0 fully saturated rings. The standard InChI is InChI=1S/C21H17N3O3/c25-20(18-13-22-19-10-4-5-11-24(19)21(18)26)23(15-17-9-6-12-27-17)14-16-7-2-1-3-8-16/h1-13H,14-15H2. The van der Waals surface area contributed by atoms with Gasteiger partial charge >= 0.3 is 0 Å². The Morgan fingerprint density at radius 3 is 2.59 bits per heavy atom. The molecule has 0 bridgehead atoms. The molecular weight excluding hydrogens is 342 g/mol. The minimum atomic E-state index is -0.386. The van der Waals surface area contributed by atoms with Gasteiger partial charge in [0.2, 0.25) is 0 Å². The molecule has 6 heteroatoms. The molecule has 0 unspecified atom stereocenters. The van der Waals surface area contributed by atoms with E-state index >= 15 is 0 Å². The quantitative estimate of drug-likeness (QED) is 0.549. The number of amides is 1. The fourth-order valence-corrected chi connectivity index (χ4v) is 2.94. The van der Waals surface area contributed by atoms with Crippen molar-refractivity contribution >= 4 is 11.6 Å². The van der Waals surface area contributed by atoms with Crippen LogP contribution in [-0.2, 0) is 13.1 Å². The molecule has 3 heterocycles. The molecule has 0 spiro atoms. The van der Waals surface area contributed by atoms with Crippen LogP contribution in [0.15, 0.2) is 88.5 Å². The van der Waals surface area contributed by atoms with E-state index in [4.69, 9.17) is 4.42 Å². The number of aromatic nitrogens is 2. The largest absolute Gasteiger partial charge is 0.467 e. The molecule has 0 radical (unpaired) electrons. The van der Waals surface area contributed by atoms with Crippen molar-refractivity contribution in [3.63, 3.8) is 0 Å². The van der Waals surface area contributed by atoms with E-state index in [1.165, 1.54) is 10.6 Å². The van der Waals surface area contributed by atoms with Crippen LogP contribution in [0.5, 0.6) is 0 Å². The van der Waals surface area contributed by atoms with Crippen LogP contribution in [0.3, 0.4) is 0 Å². The highest BCUT2D eigenvalue weighted by molar-refractivity contribution is 5.93. The van der Waals surface area contributed by atoms with Crippen molar-refractivity contribution in [2.75, 3.05) is 0 Å². The predicted molar refractivity (Wildman–Crippen MR) is 100 cm³/mol. The van der Waals surface area contributed by atoms with Crippen LogP contribution in [-0.4, -0.2) is 20.2 Å². The SMILES string of the molecule is O=C(c1cnc2ccccn2c1=O)N(Cc1ccccc1)Cc1ccco1. The summed E-state index contributed by atoms with van der Waals surface area (Å²) in [6, 6.07) is 18.4. The van der Waals surface area contributed by atoms with Crippen LogP contribution in [0, 0.1) is 0 Å². The number of carbonyl (C=O) groups is 1. The highest BCUT2D eigenvalue weighted by atomic mass is 16.3. The van der Waals surface area contributed by atoms with E-state index in [0.717, 1.165) is 5.56 Å². The first kappa shape index (κ1) is 16.8. The summed E-state index contributed by atoms with van der Waals surface area (Å²) in [5.74, 6) is 0.263. The number of rotatable bonds is 5. The van der Waals surface area contributed by atoms with Crippen molar-refractivity contribution in [2.45, 2.75) is 13.1 Å². The third-order valence-electron chi connectivity index (χ3n) is 4.27. The van der Waals surface area contributed by atoms with Gasteiger partial charge in [0.05, 0.1) is 12.8 Å². The molecule has 4 aromatic rings. The Kier molecular flexibility index (Phi) is 4.53. The molecule has 0 saturated carbocycles. The number of fused-ring (bicyclic) bond motifs is 1. The zero-order chi connectivity index (χ0) is 18.6. The van der Waals surface area contributed by atoms with Crippen molar-refractivity contribution in [1.29, 1.82) is 0 Å². The van der Waals surface area contributed by atoms with E-state index in [2.05, 4.69) is 4.98 Å². The zero-order valence-corrected chi connectivity index (χ0v) is 14.5. The number of pyridine rings is 1. The fraction of sp³-hybridized carbons (Fsp3) is 0.0952. The van der Waals surface area contributed by atoms with Crippen LogP contribution in [0.25, 0.3) is 5.65 Å². The molecule has 0 aliphatic heterocycles. The number of carbonyl (C=O) groups excluding carboxylic acids is 1. The van der Waals surface area contributed by atoms with Gasteiger partial charge < -0.3 is 9.32 Å². The Bertz CT molecular complexity index is 1120. The van der Waals surface area contributed by atoms with Crippen molar-refractivity contribution in [3.05, 3.63) is 107 Å². The normalized spacial score (nSPS) is 10.8. The second kappa shape index (κ2) is 7.29. The molecule has 27 heavy (non-hydrogen) atoms. The van der Waals surface area contributed by atoms with Gasteiger partial charge in [-0.1, -0.05) is 36.4 Å². The lowest BCUT2D eigenvalue weighted by Gasteiger charge is -2.21. The minimum Gasteiger partial charge on any atom is -0.467 e. The summed E-state index contributed by atoms with van der Waals surface area (Å²) in [7, 11) is 0. The lowest BCUT2D eigenvalue weighted by Crippen LogP contribution is -2.35. The van der Waals surface area contributed by atoms with Gasteiger partial charge in [0.25, 0.3) is 11.5 Å². The number of hydrogen-bond acceptors (Lipinski definition) is 4. The first-order valence-electron chi connectivity index (χ1n) is 8.54. The number of nitrogens with zero attached hydrogens (tertiary/aromatic N) is 3. The van der Waals surface area contributed by atoms with Gasteiger partial charge in [0, 0.05) is 18.9 Å². The molecule has 0 aliphatic rings. The maximum Gasteiger partial charge on any atom is 0.270 e. The van der Waals surface area contributed by atoms with Crippen LogP contribution in [0.1, 0.15) is 21.7 Å². The summed E-state index contributed by atoms with van der Waals surface area (Å²) in [5.41, 5.74) is 1.11. The summed E-state index contributed by atoms with van der Waals surface area (Å²) in [6.45, 7) is 0.620. The molecule has 6 nitrogen and oxygen atoms in total. The van der Waals surface area contributed by atoms with Crippen molar-refractivity contribution in [2.24, 2.45) is 0 Å². The first-order chi connectivity index (χ1) is 13.2. The number of benzene rings is 1. The maximum atomic E-state index is 13.2. The topological polar surface area (TPSA) is 67.8 Å². The number of furan rings is 1. The fourth-order valence-electron chi connectivity index (χ4n) is 2.94. The van der Waals surface area contributed by atoms with Gasteiger partial charge in [-0.2, -0.15) is 0 Å². The van der Waals surface area contributed by atoms with Crippen LogP contribution in [0.2, 0.25) is 0 Å². The summed E-state index contributed by atoms with van der Waals surface area (Å²) in [4.78, 5) is 31.8. The molecule has 1 amide bonds. The van der Waals surface area contributed by atoms with Gasteiger partial charge in [-0.15, -0.1) is 0 Å². The van der Waals surface area contributed by atoms with Crippen LogP contribution in [0.4, 0.5) is 0 Å². The Hall–Kier alpha value is -3.67. The lowest BCUT2D eigenvalue weighted by molar-refractivity contribution is 0.0715. The van der Waals surface area contributed by atoms with Crippen molar-refractivity contribution in [3.8, 4) is 0 Å². The predicted octanol–water partition coefficient (Wildman–Crippen LogP) is 3.13. The van der Waals surface area contributed by atoms with Crippen molar-refractivity contribution < 1.29 is 9.21 Å². The highest BCUT2D eigenvalue weighted by Gasteiger charge is 2.21. The molecule has 134 valence electrons. The monoisotopic (exact) mass is 359 g/mol. The Labute approximate surface area is 155 Å². The molecule has 0 N–H and O–H groups in total. The molecule has 4 rings (SSSR count). The second-order valence-corrected chi connectivity index (χ2v) is 6.13. The second-order valence-electron chi connectivity index (χ2n) is 6.13. The Morgan fingerprint density at radius 1 is 1.00 bits per heavy atom. The van der Waals surface area contributed by atoms with E-state index in [1.54, 1.807) is 47.7 Å². The summed E-state index contributed by atoms with van der Waals surface area (Å²) < 4.78 is 6.77. The average Bonchev–Trinajstić information content (AvgIpc) is 3.21. The van der Waals surface area contributed by atoms with E-state index in [9.17, 15) is 9.59 Å². The Balaban J connectivity index is 1.71. The van der Waals surface area contributed by atoms with Gasteiger partial charge in [0.1, 0.15) is 17.0 Å². The van der Waals surface area contributed by atoms with Gasteiger partial charge in [-0.05, 0) is 29.8 Å². The Morgan fingerprint density at radius 2 is 1.81 bits per heavy atom. The molecule has 1 aromatic carbocycles. The summed E-state index contributed by atoms with van der Waals surface area (Å²) in [5, 5.41) is 0. The summed E-state index contributed by atoms with van der Waals surface area (Å²) in [6.07, 6.45) is 4.52. The van der Waals surface area contributed by atoms with E-state index < -0.39 is 0 Å². The molecule has 0 aliphatic carbocycles. The lowest BCUT2D eigenvalue weighted by atomic mass is 10.2. The van der Waals surface area contributed by atoms with Gasteiger partial charge in [0.15, 0.2) is 0 Å². The van der Waals surface area contributed by atoms with Crippen LogP contribution < -0.4 is 5.56 Å². The first-order valence-corrected chi connectivity index (χ1v) is 8.54. The van der Waals surface area contributed by atoms with Crippen LogP contribution >= 0.6 is 0 Å². The molecule has 0 atom stereocenters. The molecule has 3 aromatic heterocycles. The van der Waals surface area contributed by atoms with E-state index in [0.29, 0.717) is 18.0 Å².